The fourth-order valence-corrected chi connectivity index (χ4v) is 1.65. The van der Waals surface area contributed by atoms with E-state index in [1.165, 1.54) is 16.3 Å². The summed E-state index contributed by atoms with van der Waals surface area (Å²) in [5, 5.41) is 2.61. The smallest absolute Gasteiger partial charge is 0.00153 e. The maximum absolute atomic E-state index is 3.58. The van der Waals surface area contributed by atoms with Gasteiger partial charge in [0.15, 0.2) is 0 Å². The highest BCUT2D eigenvalue weighted by Crippen LogP contribution is 2.18. The molecule has 2 aromatic carbocycles. The third kappa shape index (κ3) is 3.92. The first-order valence-corrected chi connectivity index (χ1v) is 5.73. The molecule has 0 amide bonds. The molecule has 0 heterocycles. The fourth-order valence-electron chi connectivity index (χ4n) is 1.65. The summed E-state index contributed by atoms with van der Waals surface area (Å²) in [6, 6.07) is 14.8. The third-order valence-electron chi connectivity index (χ3n) is 2.35. The van der Waals surface area contributed by atoms with E-state index in [0.717, 1.165) is 6.42 Å². The molecule has 1 nitrogen and oxygen atoms in total. The lowest BCUT2D eigenvalue weighted by atomic mass is 10.0. The van der Waals surface area contributed by atoms with Gasteiger partial charge in [-0.1, -0.05) is 62.9 Å². The molecule has 90 valence electrons. The van der Waals surface area contributed by atoms with Gasteiger partial charge in [0.25, 0.3) is 0 Å². The van der Waals surface area contributed by atoms with E-state index in [1.54, 1.807) is 0 Å². The highest BCUT2D eigenvalue weighted by molar-refractivity contribution is 5.85. The average Bonchev–Trinajstić information content (AvgIpc) is 2.38. The Hall–Kier alpha value is -1.82. The highest BCUT2D eigenvalue weighted by Gasteiger charge is 1.96. The van der Waals surface area contributed by atoms with Crippen LogP contribution >= 0.6 is 0 Å². The minimum Gasteiger partial charge on any atom is -0.412 e. The number of fused-ring (bicyclic) bond motifs is 1. The number of hydrogen-bond donors (Lipinski definition) is 0. The van der Waals surface area contributed by atoms with Crippen molar-refractivity contribution in [3.63, 3.8) is 0 Å². The van der Waals surface area contributed by atoms with Crippen molar-refractivity contribution in [2.24, 2.45) is 0 Å². The molecule has 0 saturated heterocycles. The van der Waals surface area contributed by atoms with Crippen molar-refractivity contribution in [2.45, 2.75) is 20.3 Å². The lowest BCUT2D eigenvalue weighted by Crippen LogP contribution is -1.82. The molecule has 0 aliphatic carbocycles. The van der Waals surface area contributed by atoms with Crippen LogP contribution in [0.25, 0.3) is 10.8 Å². The second-order valence-corrected chi connectivity index (χ2v) is 3.25. The summed E-state index contributed by atoms with van der Waals surface area (Å²) in [4.78, 5) is 0. The molecule has 0 spiro atoms. The molecule has 0 aliphatic rings. The van der Waals surface area contributed by atoms with Crippen molar-refractivity contribution in [3.8, 4) is 0 Å². The summed E-state index contributed by atoms with van der Waals surface area (Å²) < 4.78 is 0. The van der Waals surface area contributed by atoms with Gasteiger partial charge in [-0.3, -0.25) is 0 Å². The standard InChI is InChI=1S/C14H12.C2H6.H2O/c1-2-3-7-12-9-6-10-13-8-4-5-11-14(12)13;1-2;/h3-6,8-11H,1,7H2;1-2H3;1H2. The highest BCUT2D eigenvalue weighted by atomic mass is 16.0. The van der Waals surface area contributed by atoms with Crippen molar-refractivity contribution < 1.29 is 5.48 Å². The Morgan fingerprint density at radius 3 is 2.41 bits per heavy atom. The molecule has 2 aromatic rings. The number of allylic oxidation sites excluding steroid dienone is 1. The van der Waals surface area contributed by atoms with Gasteiger partial charge in [0.05, 0.1) is 0 Å². The minimum absolute atomic E-state index is 0. The van der Waals surface area contributed by atoms with Crippen molar-refractivity contribution >= 4 is 10.8 Å². The van der Waals surface area contributed by atoms with Crippen LogP contribution in [0.1, 0.15) is 19.4 Å². The number of benzene rings is 2. The fraction of sp³-hybridized carbons (Fsp3) is 0.188. The van der Waals surface area contributed by atoms with E-state index < -0.39 is 0 Å². The summed E-state index contributed by atoms with van der Waals surface area (Å²) in [5.41, 5.74) is 4.14. The maximum Gasteiger partial charge on any atom is -0.00153 e. The van der Waals surface area contributed by atoms with E-state index in [1.807, 2.05) is 19.9 Å². The van der Waals surface area contributed by atoms with E-state index in [9.17, 15) is 0 Å². The van der Waals surface area contributed by atoms with Gasteiger partial charge in [0, 0.05) is 0 Å². The van der Waals surface area contributed by atoms with Crippen LogP contribution in [0.5, 0.6) is 0 Å². The van der Waals surface area contributed by atoms with Crippen LogP contribution in [0.15, 0.2) is 60.9 Å². The SMILES string of the molecule is C=C=CCc1cccc2ccccc12.CC.O. The Morgan fingerprint density at radius 2 is 1.71 bits per heavy atom. The first kappa shape index (κ1) is 15.2. The van der Waals surface area contributed by atoms with Gasteiger partial charge in [-0.05, 0) is 28.8 Å². The van der Waals surface area contributed by atoms with Gasteiger partial charge >= 0.3 is 0 Å². The summed E-state index contributed by atoms with van der Waals surface area (Å²) >= 11 is 0. The van der Waals surface area contributed by atoms with Crippen LogP contribution in [0.2, 0.25) is 0 Å². The van der Waals surface area contributed by atoms with Gasteiger partial charge in [0.2, 0.25) is 0 Å². The minimum atomic E-state index is 0. The zero-order valence-corrected chi connectivity index (χ0v) is 10.5. The van der Waals surface area contributed by atoms with Gasteiger partial charge in [-0.2, -0.15) is 0 Å². The molecule has 2 N–H and O–H groups in total. The van der Waals surface area contributed by atoms with Crippen molar-refractivity contribution in [1.29, 1.82) is 0 Å². The Bertz CT molecular complexity index is 488. The molecular formula is C16H20O. The molecule has 0 fully saturated rings. The molecule has 2 rings (SSSR count). The molecular weight excluding hydrogens is 208 g/mol. The van der Waals surface area contributed by atoms with E-state index >= 15 is 0 Å². The van der Waals surface area contributed by atoms with Gasteiger partial charge in [-0.25, -0.2) is 0 Å². The van der Waals surface area contributed by atoms with E-state index in [2.05, 4.69) is 54.8 Å². The normalized spacial score (nSPS) is 8.35. The van der Waals surface area contributed by atoms with Crippen LogP contribution in [-0.2, 0) is 6.42 Å². The summed E-state index contributed by atoms with van der Waals surface area (Å²) in [6.45, 7) is 7.58. The second-order valence-electron chi connectivity index (χ2n) is 3.25. The summed E-state index contributed by atoms with van der Waals surface area (Å²) in [5.74, 6) is 0. The Kier molecular flexibility index (Phi) is 7.45. The maximum atomic E-state index is 3.58. The van der Waals surface area contributed by atoms with Crippen LogP contribution in [0, 0.1) is 0 Å². The Balaban J connectivity index is 0.000000811. The first-order chi connectivity index (χ1) is 7.92. The monoisotopic (exact) mass is 228 g/mol. The van der Waals surface area contributed by atoms with Gasteiger partial charge in [-0.15, -0.1) is 5.73 Å². The zero-order valence-electron chi connectivity index (χ0n) is 10.5. The number of rotatable bonds is 2. The van der Waals surface area contributed by atoms with Crippen molar-refractivity contribution in [1.82, 2.24) is 0 Å². The molecule has 0 atom stereocenters. The predicted molar refractivity (Wildman–Crippen MR) is 76.3 cm³/mol. The quantitative estimate of drug-likeness (QED) is 0.698. The summed E-state index contributed by atoms with van der Waals surface area (Å²) in [7, 11) is 0. The Labute approximate surface area is 103 Å². The van der Waals surface area contributed by atoms with E-state index in [-0.39, 0.29) is 5.48 Å². The van der Waals surface area contributed by atoms with E-state index in [0.29, 0.717) is 0 Å². The van der Waals surface area contributed by atoms with Crippen LogP contribution < -0.4 is 0 Å². The molecule has 0 unspecified atom stereocenters. The summed E-state index contributed by atoms with van der Waals surface area (Å²) in [6.07, 6.45) is 2.87. The lowest BCUT2D eigenvalue weighted by molar-refractivity contribution is 0.824. The largest absolute Gasteiger partial charge is 0.412 e. The second kappa shape index (κ2) is 8.35. The van der Waals surface area contributed by atoms with Gasteiger partial charge in [0.1, 0.15) is 0 Å². The lowest BCUT2D eigenvalue weighted by Gasteiger charge is -2.02. The number of hydrogen-bond acceptors (Lipinski definition) is 0. The molecule has 0 bridgehead atoms. The predicted octanol–water partition coefficient (Wildman–Crippen LogP) is 3.92. The molecule has 0 saturated carbocycles. The Morgan fingerprint density at radius 1 is 1.06 bits per heavy atom. The van der Waals surface area contributed by atoms with Crippen molar-refractivity contribution in [2.75, 3.05) is 0 Å². The van der Waals surface area contributed by atoms with Crippen LogP contribution in [0.4, 0.5) is 0 Å². The topological polar surface area (TPSA) is 31.5 Å². The molecule has 1 heteroatoms. The third-order valence-corrected chi connectivity index (χ3v) is 2.35. The van der Waals surface area contributed by atoms with Crippen LogP contribution in [0.3, 0.4) is 0 Å². The van der Waals surface area contributed by atoms with E-state index in [4.69, 9.17) is 0 Å². The molecule has 0 aliphatic heterocycles. The van der Waals surface area contributed by atoms with Gasteiger partial charge < -0.3 is 5.48 Å². The first-order valence-electron chi connectivity index (χ1n) is 5.73. The molecule has 0 radical (unpaired) electrons. The zero-order chi connectivity index (χ0) is 11.8. The molecule has 17 heavy (non-hydrogen) atoms. The van der Waals surface area contributed by atoms with Crippen molar-refractivity contribution in [3.05, 3.63) is 66.4 Å². The van der Waals surface area contributed by atoms with Crippen LogP contribution in [-0.4, -0.2) is 5.48 Å². The molecule has 0 aromatic heterocycles. The average molecular weight is 228 g/mol.